The number of ether oxygens (including phenoxy) is 1. The molecule has 0 aliphatic rings. The number of unbranched alkanes of at least 4 members (excludes halogenated alkanes) is 3. The van der Waals surface area contributed by atoms with Gasteiger partial charge in [-0.15, -0.1) is 0 Å². The highest BCUT2D eigenvalue weighted by atomic mass is 16.5. The fourth-order valence-corrected chi connectivity index (χ4v) is 1.63. The Morgan fingerprint density at radius 2 is 1.39 bits per heavy atom. The topological polar surface area (TPSA) is 21.3 Å². The quantitative estimate of drug-likeness (QED) is 0.619. The van der Waals surface area contributed by atoms with Crippen LogP contribution in [0.3, 0.4) is 0 Å². The van der Waals surface area contributed by atoms with Crippen LogP contribution in [0.15, 0.2) is 0 Å². The van der Waals surface area contributed by atoms with Gasteiger partial charge in [-0.05, 0) is 52.0 Å². The van der Waals surface area contributed by atoms with E-state index in [4.69, 9.17) is 4.74 Å². The molecular formula is C16H35NO. The first kappa shape index (κ1) is 17.9. The summed E-state index contributed by atoms with van der Waals surface area (Å²) in [7, 11) is 0. The average Bonchev–Trinajstić information content (AvgIpc) is 2.17. The number of hydrogen-bond acceptors (Lipinski definition) is 2. The van der Waals surface area contributed by atoms with Crippen LogP contribution in [0.25, 0.3) is 0 Å². The van der Waals surface area contributed by atoms with Crippen molar-refractivity contribution in [2.45, 2.75) is 79.2 Å². The van der Waals surface area contributed by atoms with Crippen LogP contribution in [0, 0.1) is 5.41 Å². The third-order valence-electron chi connectivity index (χ3n) is 2.87. The molecule has 0 amide bonds. The Morgan fingerprint density at radius 1 is 0.778 bits per heavy atom. The molecule has 0 saturated carbocycles. The van der Waals surface area contributed by atoms with E-state index in [9.17, 15) is 0 Å². The fourth-order valence-electron chi connectivity index (χ4n) is 1.63. The molecule has 110 valence electrons. The molecule has 2 nitrogen and oxygen atoms in total. The molecule has 0 bridgehead atoms. The Bertz CT molecular complexity index is 166. The molecule has 0 aromatic heterocycles. The summed E-state index contributed by atoms with van der Waals surface area (Å²) in [6.45, 7) is 16.4. The number of hydrogen-bond donors (Lipinski definition) is 1. The van der Waals surface area contributed by atoms with Crippen LogP contribution in [0.1, 0.15) is 73.6 Å². The molecule has 0 heterocycles. The van der Waals surface area contributed by atoms with Gasteiger partial charge in [0.15, 0.2) is 0 Å². The molecule has 0 spiro atoms. The first-order valence-corrected chi connectivity index (χ1v) is 7.53. The van der Waals surface area contributed by atoms with E-state index in [-0.39, 0.29) is 5.54 Å². The molecule has 0 atom stereocenters. The zero-order valence-electron chi connectivity index (χ0n) is 13.6. The molecule has 1 N–H and O–H groups in total. The Balaban J connectivity index is 3.13. The molecule has 2 heteroatoms. The van der Waals surface area contributed by atoms with Gasteiger partial charge < -0.3 is 10.1 Å². The van der Waals surface area contributed by atoms with E-state index in [1.807, 2.05) is 0 Å². The highest BCUT2D eigenvalue weighted by Crippen LogP contribution is 2.17. The van der Waals surface area contributed by atoms with Gasteiger partial charge in [0.25, 0.3) is 0 Å². The van der Waals surface area contributed by atoms with E-state index >= 15 is 0 Å². The molecule has 18 heavy (non-hydrogen) atoms. The van der Waals surface area contributed by atoms with Crippen LogP contribution in [0.2, 0.25) is 0 Å². The molecule has 0 fully saturated rings. The van der Waals surface area contributed by atoms with Crippen LogP contribution in [-0.4, -0.2) is 25.3 Å². The van der Waals surface area contributed by atoms with E-state index in [0.29, 0.717) is 5.41 Å². The molecule has 0 aliphatic heterocycles. The number of nitrogens with one attached hydrogen (secondary N) is 1. The lowest BCUT2D eigenvalue weighted by atomic mass is 9.93. The predicted octanol–water partition coefficient (Wildman–Crippen LogP) is 4.39. The van der Waals surface area contributed by atoms with Gasteiger partial charge in [-0.2, -0.15) is 0 Å². The summed E-state index contributed by atoms with van der Waals surface area (Å²) in [6, 6.07) is 0. The van der Waals surface area contributed by atoms with Crippen LogP contribution < -0.4 is 5.32 Å². The number of rotatable bonds is 9. The van der Waals surface area contributed by atoms with Crippen molar-refractivity contribution in [3.05, 3.63) is 0 Å². The van der Waals surface area contributed by atoms with Crippen LogP contribution >= 0.6 is 0 Å². The van der Waals surface area contributed by atoms with Crippen molar-refractivity contribution >= 4 is 0 Å². The van der Waals surface area contributed by atoms with Crippen molar-refractivity contribution in [2.75, 3.05) is 19.8 Å². The molecular weight excluding hydrogens is 222 g/mol. The van der Waals surface area contributed by atoms with Gasteiger partial charge in [-0.3, -0.25) is 0 Å². The maximum absolute atomic E-state index is 5.65. The second-order valence-corrected chi connectivity index (χ2v) is 7.51. The van der Waals surface area contributed by atoms with Crippen LogP contribution in [0.5, 0.6) is 0 Å². The smallest absolute Gasteiger partial charge is 0.0471 e. The SMILES string of the molecule is CC(C)(C)CCOCCCCCCNC(C)(C)C. The van der Waals surface area contributed by atoms with Crippen molar-refractivity contribution in [3.63, 3.8) is 0 Å². The molecule has 0 unspecified atom stereocenters. The molecule has 0 aliphatic carbocycles. The van der Waals surface area contributed by atoms with Gasteiger partial charge in [-0.1, -0.05) is 33.6 Å². The van der Waals surface area contributed by atoms with Gasteiger partial charge >= 0.3 is 0 Å². The summed E-state index contributed by atoms with van der Waals surface area (Å²) in [5.41, 5.74) is 0.661. The van der Waals surface area contributed by atoms with E-state index in [2.05, 4.69) is 46.9 Å². The Kier molecular flexibility index (Phi) is 8.89. The average molecular weight is 257 g/mol. The standard InChI is InChI=1S/C16H35NO/c1-15(2,3)11-14-18-13-10-8-7-9-12-17-16(4,5)6/h17H,7-14H2,1-6H3. The first-order valence-electron chi connectivity index (χ1n) is 7.53. The van der Waals surface area contributed by atoms with E-state index in [0.717, 1.165) is 26.2 Å². The fraction of sp³-hybridized carbons (Fsp3) is 1.00. The van der Waals surface area contributed by atoms with Gasteiger partial charge in [-0.25, -0.2) is 0 Å². The normalized spacial score (nSPS) is 13.0. The molecule has 0 rings (SSSR count). The maximum Gasteiger partial charge on any atom is 0.0471 e. The lowest BCUT2D eigenvalue weighted by Gasteiger charge is -2.20. The van der Waals surface area contributed by atoms with Crippen molar-refractivity contribution in [3.8, 4) is 0 Å². The predicted molar refractivity (Wildman–Crippen MR) is 81.1 cm³/mol. The molecule has 0 aromatic rings. The molecule has 0 saturated heterocycles. The van der Waals surface area contributed by atoms with Gasteiger partial charge in [0.2, 0.25) is 0 Å². The largest absolute Gasteiger partial charge is 0.381 e. The van der Waals surface area contributed by atoms with Crippen molar-refractivity contribution in [1.29, 1.82) is 0 Å². The zero-order chi connectivity index (χ0) is 14.1. The Hall–Kier alpha value is -0.0800. The second kappa shape index (κ2) is 8.92. The lowest BCUT2D eigenvalue weighted by molar-refractivity contribution is 0.105. The summed E-state index contributed by atoms with van der Waals surface area (Å²) < 4.78 is 5.65. The minimum Gasteiger partial charge on any atom is -0.381 e. The third-order valence-corrected chi connectivity index (χ3v) is 2.87. The van der Waals surface area contributed by atoms with E-state index < -0.39 is 0 Å². The van der Waals surface area contributed by atoms with Crippen molar-refractivity contribution in [2.24, 2.45) is 5.41 Å². The first-order chi connectivity index (χ1) is 8.21. The summed E-state index contributed by atoms with van der Waals surface area (Å²) in [4.78, 5) is 0. The van der Waals surface area contributed by atoms with Gasteiger partial charge in [0.05, 0.1) is 0 Å². The molecule has 0 aromatic carbocycles. The van der Waals surface area contributed by atoms with Crippen LogP contribution in [-0.2, 0) is 4.74 Å². The maximum atomic E-state index is 5.65. The summed E-state index contributed by atoms with van der Waals surface area (Å²) in [6.07, 6.45) is 6.24. The van der Waals surface area contributed by atoms with E-state index in [1.54, 1.807) is 0 Å². The Morgan fingerprint density at radius 3 is 1.94 bits per heavy atom. The second-order valence-electron chi connectivity index (χ2n) is 7.51. The minimum absolute atomic E-state index is 0.260. The molecule has 0 radical (unpaired) electrons. The van der Waals surface area contributed by atoms with Gasteiger partial charge in [0.1, 0.15) is 0 Å². The lowest BCUT2D eigenvalue weighted by Crippen LogP contribution is -2.36. The Labute approximate surface area is 115 Å². The third kappa shape index (κ3) is 15.9. The summed E-state index contributed by atoms with van der Waals surface area (Å²) >= 11 is 0. The summed E-state index contributed by atoms with van der Waals surface area (Å²) in [5, 5.41) is 3.52. The minimum atomic E-state index is 0.260. The van der Waals surface area contributed by atoms with Crippen molar-refractivity contribution < 1.29 is 4.74 Å². The van der Waals surface area contributed by atoms with Crippen molar-refractivity contribution in [1.82, 2.24) is 5.32 Å². The zero-order valence-corrected chi connectivity index (χ0v) is 13.6. The van der Waals surface area contributed by atoms with E-state index in [1.165, 1.54) is 25.7 Å². The monoisotopic (exact) mass is 257 g/mol. The van der Waals surface area contributed by atoms with Crippen LogP contribution in [0.4, 0.5) is 0 Å². The van der Waals surface area contributed by atoms with Gasteiger partial charge in [0, 0.05) is 18.8 Å². The summed E-state index contributed by atoms with van der Waals surface area (Å²) in [5.74, 6) is 0. The highest BCUT2D eigenvalue weighted by Gasteiger charge is 2.09. The highest BCUT2D eigenvalue weighted by molar-refractivity contribution is 4.69.